The molecule has 12 heavy (non-hydrogen) atoms. The molecule has 0 heterocycles. The fraction of sp³-hybridized carbons (Fsp3) is 0.500. The molecule has 0 atom stereocenters. The molecule has 0 aliphatic rings. The van der Waals surface area contributed by atoms with Crippen molar-refractivity contribution in [2.24, 2.45) is 0 Å². The molecule has 7 nitrogen and oxygen atoms in total. The minimum Gasteiger partial charge on any atom is -0.480 e. The highest BCUT2D eigenvalue weighted by molar-refractivity contribution is 7.89. The van der Waals surface area contributed by atoms with Crippen LogP contribution in [0.5, 0.6) is 0 Å². The van der Waals surface area contributed by atoms with Crippen molar-refractivity contribution in [1.82, 2.24) is 0 Å². The lowest BCUT2D eigenvalue weighted by Gasteiger charge is -2.14. The highest BCUT2D eigenvalue weighted by atomic mass is 32.2. The summed E-state index contributed by atoms with van der Waals surface area (Å²) in [6.07, 6.45) is 0. The lowest BCUT2D eigenvalue weighted by atomic mass is 10.2. The fourth-order valence-electron chi connectivity index (χ4n) is 0.312. The zero-order chi connectivity index (χ0) is 10.2. The first kappa shape index (κ1) is 10.8. The lowest BCUT2D eigenvalue weighted by molar-refractivity contribution is -0.151. The molecule has 0 bridgehead atoms. The van der Waals surface area contributed by atoms with E-state index >= 15 is 0 Å². The van der Waals surface area contributed by atoms with Gasteiger partial charge < -0.3 is 10.2 Å². The van der Waals surface area contributed by atoms with Crippen molar-refractivity contribution in [2.75, 3.05) is 0 Å². The van der Waals surface area contributed by atoms with Crippen LogP contribution in [0.25, 0.3) is 0 Å². The first-order chi connectivity index (χ1) is 5.14. The number of carboxylic acid groups (broad SMARTS) is 2. The maximum atomic E-state index is 10.3. The van der Waals surface area contributed by atoms with Crippen molar-refractivity contribution in [3.8, 4) is 0 Å². The second kappa shape index (κ2) is 2.72. The second-order valence-corrected chi connectivity index (χ2v) is 3.89. The number of carboxylic acids is 2. The van der Waals surface area contributed by atoms with Crippen LogP contribution in [-0.2, 0) is 19.7 Å². The van der Waals surface area contributed by atoms with E-state index in [1.165, 1.54) is 0 Å². The van der Waals surface area contributed by atoms with Crippen LogP contribution in [0.1, 0.15) is 6.92 Å². The van der Waals surface area contributed by atoms with Crippen LogP contribution < -0.4 is 0 Å². The summed E-state index contributed by atoms with van der Waals surface area (Å²) in [5, 5.41) is 16.4. The van der Waals surface area contributed by atoms with Crippen molar-refractivity contribution in [1.29, 1.82) is 0 Å². The van der Waals surface area contributed by atoms with Crippen LogP contribution in [0.15, 0.2) is 0 Å². The summed E-state index contributed by atoms with van der Waals surface area (Å²) >= 11 is 0. The largest absolute Gasteiger partial charge is 0.480 e. The molecule has 0 unspecified atom stereocenters. The zero-order valence-corrected chi connectivity index (χ0v) is 6.70. The molecule has 8 heteroatoms. The van der Waals surface area contributed by atoms with E-state index < -0.39 is 26.8 Å². The Kier molecular flexibility index (Phi) is 2.46. The Labute approximate surface area is 67.4 Å². The molecule has 0 aliphatic heterocycles. The minimum atomic E-state index is -5.16. The highest BCUT2D eigenvalue weighted by Crippen LogP contribution is 2.16. The summed E-state index contributed by atoms with van der Waals surface area (Å²) in [5.74, 6) is -4.28. The first-order valence-corrected chi connectivity index (χ1v) is 4.02. The van der Waals surface area contributed by atoms with Crippen molar-refractivity contribution in [2.45, 2.75) is 11.7 Å². The van der Waals surface area contributed by atoms with Gasteiger partial charge in [0.05, 0.1) is 0 Å². The van der Waals surface area contributed by atoms with Gasteiger partial charge in [0.15, 0.2) is 0 Å². The van der Waals surface area contributed by atoms with Crippen molar-refractivity contribution < 1.29 is 32.8 Å². The molecule has 0 radical (unpaired) electrons. The Hall–Kier alpha value is -1.15. The van der Waals surface area contributed by atoms with E-state index in [9.17, 15) is 18.0 Å². The summed E-state index contributed by atoms with van der Waals surface area (Å²) in [6, 6.07) is 0. The van der Waals surface area contributed by atoms with Crippen LogP contribution in [-0.4, -0.2) is 39.9 Å². The number of carbonyl (C=O) groups is 2. The number of hydrogen-bond acceptors (Lipinski definition) is 4. The van der Waals surface area contributed by atoms with Crippen LogP contribution >= 0.6 is 0 Å². The van der Waals surface area contributed by atoms with E-state index in [2.05, 4.69) is 0 Å². The molecular formula is C4H6O7S. The van der Waals surface area contributed by atoms with Gasteiger partial charge in [-0.05, 0) is 6.92 Å². The molecule has 0 fully saturated rings. The summed E-state index contributed by atoms with van der Waals surface area (Å²) in [4.78, 5) is 20.4. The predicted octanol–water partition coefficient (Wildman–Crippen LogP) is -1.20. The van der Waals surface area contributed by atoms with Gasteiger partial charge in [-0.15, -0.1) is 0 Å². The van der Waals surface area contributed by atoms with Gasteiger partial charge in [-0.1, -0.05) is 0 Å². The monoisotopic (exact) mass is 198 g/mol. The number of aliphatic carboxylic acids is 2. The molecule has 70 valence electrons. The van der Waals surface area contributed by atoms with Gasteiger partial charge in [0, 0.05) is 0 Å². The van der Waals surface area contributed by atoms with Gasteiger partial charge in [-0.25, -0.2) is 9.59 Å². The third-order valence-corrected chi connectivity index (χ3v) is 2.71. The Bertz CT molecular complexity index is 298. The fourth-order valence-corrected chi connectivity index (χ4v) is 0.753. The molecular weight excluding hydrogens is 192 g/mol. The van der Waals surface area contributed by atoms with Crippen LogP contribution in [0.4, 0.5) is 0 Å². The van der Waals surface area contributed by atoms with Gasteiger partial charge >= 0.3 is 11.9 Å². The summed E-state index contributed by atoms with van der Waals surface area (Å²) in [5.41, 5.74) is 0. The standard InChI is InChI=1S/C4H6O7S/c1-4(2(5)6,3(7)8)12(9,10)11/h1H3,(H,5,6)(H,7,8)(H,9,10,11). The first-order valence-electron chi connectivity index (χ1n) is 2.58. The Morgan fingerprint density at radius 1 is 1.17 bits per heavy atom. The van der Waals surface area contributed by atoms with Crippen molar-refractivity contribution in [3.63, 3.8) is 0 Å². The SMILES string of the molecule is CC(C(=O)O)(C(=O)O)S(=O)(=O)O. The maximum Gasteiger partial charge on any atom is 0.339 e. The highest BCUT2D eigenvalue weighted by Gasteiger charge is 2.53. The van der Waals surface area contributed by atoms with Crippen LogP contribution in [0.2, 0.25) is 0 Å². The van der Waals surface area contributed by atoms with Gasteiger partial charge in [-0.3, -0.25) is 4.55 Å². The van der Waals surface area contributed by atoms with E-state index in [1.807, 2.05) is 0 Å². The van der Waals surface area contributed by atoms with Gasteiger partial charge in [0.2, 0.25) is 0 Å². The molecule has 0 aromatic carbocycles. The van der Waals surface area contributed by atoms with Gasteiger partial charge in [0.1, 0.15) is 0 Å². The third kappa shape index (κ3) is 1.38. The minimum absolute atomic E-state index is 0.382. The number of rotatable bonds is 3. The van der Waals surface area contributed by atoms with Crippen molar-refractivity contribution >= 4 is 22.1 Å². The molecule has 0 aromatic rings. The molecule has 0 amide bonds. The summed E-state index contributed by atoms with van der Waals surface area (Å²) in [6.45, 7) is 0.382. The molecule has 0 rings (SSSR count). The lowest BCUT2D eigenvalue weighted by Crippen LogP contribution is -2.50. The van der Waals surface area contributed by atoms with Crippen molar-refractivity contribution in [3.05, 3.63) is 0 Å². The summed E-state index contributed by atoms with van der Waals surface area (Å²) < 4.78 is 25.7. The van der Waals surface area contributed by atoms with Gasteiger partial charge in [0.25, 0.3) is 14.9 Å². The molecule has 0 aromatic heterocycles. The molecule has 0 saturated carbocycles. The van der Waals surface area contributed by atoms with Gasteiger partial charge in [-0.2, -0.15) is 8.42 Å². The maximum absolute atomic E-state index is 10.3. The zero-order valence-electron chi connectivity index (χ0n) is 5.88. The molecule has 0 spiro atoms. The summed E-state index contributed by atoms with van der Waals surface area (Å²) in [7, 11) is -5.16. The van der Waals surface area contributed by atoms with Crippen LogP contribution in [0, 0.1) is 0 Å². The van der Waals surface area contributed by atoms with E-state index in [-0.39, 0.29) is 0 Å². The number of hydrogen-bond donors (Lipinski definition) is 3. The third-order valence-electron chi connectivity index (χ3n) is 1.33. The van der Waals surface area contributed by atoms with E-state index in [0.717, 1.165) is 0 Å². The van der Waals surface area contributed by atoms with E-state index in [4.69, 9.17) is 14.8 Å². The normalized spacial score (nSPS) is 12.5. The predicted molar refractivity (Wildman–Crippen MR) is 35.2 cm³/mol. The Balaban J connectivity index is 5.49. The smallest absolute Gasteiger partial charge is 0.339 e. The Morgan fingerprint density at radius 3 is 1.42 bits per heavy atom. The molecule has 0 saturated heterocycles. The molecule has 0 aliphatic carbocycles. The van der Waals surface area contributed by atoms with E-state index in [0.29, 0.717) is 6.92 Å². The average molecular weight is 198 g/mol. The molecule has 3 N–H and O–H groups in total. The van der Waals surface area contributed by atoms with Crippen LogP contribution in [0.3, 0.4) is 0 Å². The topological polar surface area (TPSA) is 129 Å². The Morgan fingerprint density at radius 2 is 1.42 bits per heavy atom. The van der Waals surface area contributed by atoms with E-state index in [1.54, 1.807) is 0 Å². The second-order valence-electron chi connectivity index (χ2n) is 2.12. The average Bonchev–Trinajstić information content (AvgIpc) is 1.82. The quantitative estimate of drug-likeness (QED) is 0.383.